The smallest absolute Gasteiger partial charge is 0.449 e. The summed E-state index contributed by atoms with van der Waals surface area (Å²) in [5, 5.41) is 2.93. The number of nitrogens with zero attached hydrogens (tertiary/aromatic N) is 2. The number of carbonyl (C=O) groups excluding carboxylic acids is 1. The van der Waals surface area contributed by atoms with Crippen LogP contribution in [0.2, 0.25) is 5.02 Å². The lowest BCUT2D eigenvalue weighted by Crippen LogP contribution is -2.33. The average molecular weight is 361 g/mol. The topological polar surface area (TPSA) is 68.0 Å². The maximum absolute atomic E-state index is 14.3. The summed E-state index contributed by atoms with van der Waals surface area (Å²) in [7, 11) is 1.63. The summed E-state index contributed by atoms with van der Waals surface area (Å²) in [5.41, 5.74) is -0.600. The second-order valence-corrected chi connectivity index (χ2v) is 6.22. The number of ether oxygens (including phenoxy) is 1. The Morgan fingerprint density at radius 1 is 1.48 bits per heavy atom. The number of halogens is 2. The highest BCUT2D eigenvalue weighted by Crippen LogP contribution is 2.25. The largest absolute Gasteiger partial charge is 0.459 e. The molecular formula is C14H16ClFN3O3S+. The normalized spacial score (nSPS) is 11.1. The quantitative estimate of drug-likeness (QED) is 0.515. The average Bonchev–Trinajstić information content (AvgIpc) is 2.72. The molecular weight excluding hydrogens is 345 g/mol. The molecule has 23 heavy (non-hydrogen) atoms. The molecule has 2 rings (SSSR count). The highest BCUT2D eigenvalue weighted by atomic mass is 35.5. The number of rotatable bonds is 4. The van der Waals surface area contributed by atoms with Crippen LogP contribution >= 0.6 is 23.4 Å². The van der Waals surface area contributed by atoms with Gasteiger partial charge in [0.05, 0.1) is 16.7 Å². The zero-order chi connectivity index (χ0) is 17.3. The number of aromatic amines is 1. The van der Waals surface area contributed by atoms with Crippen molar-refractivity contribution in [3.63, 3.8) is 0 Å². The van der Waals surface area contributed by atoms with E-state index in [2.05, 4.69) is 5.10 Å². The second-order valence-electron chi connectivity index (χ2n) is 5.04. The van der Waals surface area contributed by atoms with Crippen molar-refractivity contribution in [1.29, 1.82) is 0 Å². The Morgan fingerprint density at radius 2 is 2.13 bits per heavy atom. The molecule has 0 saturated heterocycles. The maximum Gasteiger partial charge on any atom is 0.449 e. The van der Waals surface area contributed by atoms with Gasteiger partial charge in [0.2, 0.25) is 0 Å². The molecule has 0 unspecified atom stereocenters. The summed E-state index contributed by atoms with van der Waals surface area (Å²) in [6.07, 6.45) is 1.41. The van der Waals surface area contributed by atoms with E-state index in [-0.39, 0.29) is 22.4 Å². The summed E-state index contributed by atoms with van der Waals surface area (Å²) in [6.45, 7) is 3.39. The Labute approximate surface area is 141 Å². The number of hydrogen-bond acceptors (Lipinski definition) is 4. The van der Waals surface area contributed by atoms with Crippen molar-refractivity contribution in [1.82, 2.24) is 9.67 Å². The summed E-state index contributed by atoms with van der Waals surface area (Å²) < 4.78 is 22.0. The van der Waals surface area contributed by atoms with Gasteiger partial charge in [-0.3, -0.25) is 0 Å². The number of hydrogen-bond donors (Lipinski definition) is 1. The van der Waals surface area contributed by atoms with E-state index in [9.17, 15) is 14.0 Å². The Balaban J connectivity index is 2.65. The number of H-pyrrole nitrogens is 1. The Hall–Kier alpha value is -1.80. The highest BCUT2D eigenvalue weighted by molar-refractivity contribution is 7.98. The minimum atomic E-state index is -0.715. The molecule has 2 aromatic rings. The lowest BCUT2D eigenvalue weighted by atomic mass is 10.2. The minimum absolute atomic E-state index is 0.000396. The molecule has 0 fully saturated rings. The van der Waals surface area contributed by atoms with E-state index in [1.165, 1.54) is 22.5 Å². The number of aromatic nitrogens is 3. The lowest BCUT2D eigenvalue weighted by molar-refractivity contribution is -0.764. The Morgan fingerprint density at radius 3 is 2.70 bits per heavy atom. The zero-order valence-electron chi connectivity index (χ0n) is 13.0. The molecule has 0 radical (unpaired) electrons. The van der Waals surface area contributed by atoms with E-state index < -0.39 is 17.5 Å². The third kappa shape index (κ3) is 3.42. The molecule has 0 aliphatic rings. The molecule has 1 aromatic heterocycles. The number of benzene rings is 1. The van der Waals surface area contributed by atoms with Gasteiger partial charge in [-0.1, -0.05) is 11.6 Å². The summed E-state index contributed by atoms with van der Waals surface area (Å²) >= 11 is 7.19. The van der Waals surface area contributed by atoms with Crippen LogP contribution in [0.25, 0.3) is 5.69 Å². The first kappa shape index (κ1) is 17.6. The van der Waals surface area contributed by atoms with E-state index in [1.54, 1.807) is 27.2 Å². The second kappa shape index (κ2) is 6.76. The van der Waals surface area contributed by atoms with Crippen LogP contribution in [0.1, 0.15) is 24.2 Å². The maximum atomic E-state index is 14.3. The van der Waals surface area contributed by atoms with Crippen molar-refractivity contribution in [2.45, 2.75) is 25.1 Å². The van der Waals surface area contributed by atoms with Gasteiger partial charge in [0, 0.05) is 6.07 Å². The van der Waals surface area contributed by atoms with Gasteiger partial charge in [-0.2, -0.15) is 5.10 Å². The van der Waals surface area contributed by atoms with Gasteiger partial charge in [-0.25, -0.2) is 14.0 Å². The number of carbonyl (C=O) groups is 1. The first-order chi connectivity index (χ1) is 10.8. The van der Waals surface area contributed by atoms with Crippen LogP contribution in [0.15, 0.2) is 22.1 Å². The number of aryl methyl sites for hydroxylation is 1. The van der Waals surface area contributed by atoms with Crippen molar-refractivity contribution >= 4 is 29.3 Å². The SMILES string of the molecule is CSc1n(-c2cc(C(=O)OC(C)C)c(Cl)cc2F)c(=O)[nH][n+]1C. The Bertz CT molecular complexity index is 816. The van der Waals surface area contributed by atoms with Crippen LogP contribution in [0, 0.1) is 5.82 Å². The van der Waals surface area contributed by atoms with Gasteiger partial charge in [0.1, 0.15) is 7.05 Å². The molecule has 1 heterocycles. The van der Waals surface area contributed by atoms with Gasteiger partial charge in [0.25, 0.3) is 0 Å². The monoisotopic (exact) mass is 360 g/mol. The predicted octanol–water partition coefficient (Wildman–Crippen LogP) is 2.07. The fourth-order valence-corrected chi connectivity index (χ4v) is 2.97. The molecule has 0 saturated carbocycles. The molecule has 9 heteroatoms. The van der Waals surface area contributed by atoms with Crippen LogP contribution < -0.4 is 10.4 Å². The number of thioether (sulfide) groups is 1. The van der Waals surface area contributed by atoms with Crippen LogP contribution in [0.4, 0.5) is 4.39 Å². The van der Waals surface area contributed by atoms with E-state index in [4.69, 9.17) is 16.3 Å². The van der Waals surface area contributed by atoms with Crippen LogP contribution in [-0.4, -0.2) is 28.0 Å². The molecule has 0 aliphatic heterocycles. The fraction of sp³-hybridized carbons (Fsp3) is 0.357. The van der Waals surface area contributed by atoms with E-state index in [0.29, 0.717) is 5.16 Å². The van der Waals surface area contributed by atoms with Crippen LogP contribution in [-0.2, 0) is 11.8 Å². The molecule has 0 amide bonds. The number of nitrogens with one attached hydrogen (secondary N) is 1. The first-order valence-corrected chi connectivity index (χ1v) is 8.32. The molecule has 0 atom stereocenters. The van der Waals surface area contributed by atoms with Crippen LogP contribution in [0.3, 0.4) is 0 Å². The Kier molecular flexibility index (Phi) is 5.16. The summed E-state index contributed by atoms with van der Waals surface area (Å²) in [4.78, 5) is 24.2. The van der Waals surface area contributed by atoms with E-state index in [1.807, 2.05) is 0 Å². The zero-order valence-corrected chi connectivity index (χ0v) is 14.6. The molecule has 0 spiro atoms. The molecule has 0 aliphatic carbocycles. The fourth-order valence-electron chi connectivity index (χ4n) is 2.06. The lowest BCUT2D eigenvalue weighted by Gasteiger charge is -2.10. The summed E-state index contributed by atoms with van der Waals surface area (Å²) in [5.74, 6) is -1.39. The van der Waals surface area contributed by atoms with Gasteiger partial charge in [-0.15, -0.1) is 9.25 Å². The van der Waals surface area contributed by atoms with Gasteiger partial charge < -0.3 is 4.74 Å². The van der Waals surface area contributed by atoms with Gasteiger partial charge in [-0.05, 0) is 37.9 Å². The third-order valence-electron chi connectivity index (χ3n) is 2.97. The standard InChI is InChI=1S/C14H15ClFN3O3S/c1-7(2)22-12(20)8-5-11(10(16)6-9(8)15)19-13(21)17-18(3)14(19)23-4/h5-7H,1-4H3/p+1. The molecule has 0 bridgehead atoms. The van der Waals surface area contributed by atoms with Crippen molar-refractivity contribution in [2.24, 2.45) is 7.05 Å². The van der Waals surface area contributed by atoms with Crippen molar-refractivity contribution in [3.8, 4) is 5.69 Å². The van der Waals surface area contributed by atoms with Crippen molar-refractivity contribution in [2.75, 3.05) is 6.26 Å². The third-order valence-corrected chi connectivity index (χ3v) is 4.10. The van der Waals surface area contributed by atoms with E-state index >= 15 is 0 Å². The number of esters is 1. The van der Waals surface area contributed by atoms with E-state index in [0.717, 1.165) is 10.6 Å². The summed E-state index contributed by atoms with van der Waals surface area (Å²) in [6, 6.07) is 2.22. The predicted molar refractivity (Wildman–Crippen MR) is 84.9 cm³/mol. The van der Waals surface area contributed by atoms with Gasteiger partial charge >= 0.3 is 16.8 Å². The highest BCUT2D eigenvalue weighted by Gasteiger charge is 2.27. The van der Waals surface area contributed by atoms with Gasteiger partial charge in [0.15, 0.2) is 11.5 Å². The molecule has 1 N–H and O–H groups in total. The van der Waals surface area contributed by atoms with Crippen LogP contribution in [0.5, 0.6) is 0 Å². The minimum Gasteiger partial charge on any atom is -0.459 e. The first-order valence-electron chi connectivity index (χ1n) is 6.71. The molecule has 1 aromatic carbocycles. The molecule has 6 nitrogen and oxygen atoms in total. The van der Waals surface area contributed by atoms with Crippen molar-refractivity contribution in [3.05, 3.63) is 39.0 Å². The molecule has 124 valence electrons. The van der Waals surface area contributed by atoms with Crippen molar-refractivity contribution < 1.29 is 18.6 Å².